The summed E-state index contributed by atoms with van der Waals surface area (Å²) >= 11 is 0. The first kappa shape index (κ1) is 13.4. The summed E-state index contributed by atoms with van der Waals surface area (Å²) in [5, 5.41) is 3.94. The quantitative estimate of drug-likeness (QED) is 0.796. The van der Waals surface area contributed by atoms with E-state index in [1.165, 1.54) is 0 Å². The van der Waals surface area contributed by atoms with Crippen molar-refractivity contribution in [1.82, 2.24) is 9.97 Å². The third kappa shape index (κ3) is 2.97. The fourth-order valence-electron chi connectivity index (χ4n) is 2.23. The number of nitrogens with one attached hydrogen (secondary N) is 1. The molecule has 0 fully saturated rings. The number of anilines is 1. The van der Waals surface area contributed by atoms with E-state index in [-0.39, 0.29) is 5.82 Å². The zero-order chi connectivity index (χ0) is 14.7. The second kappa shape index (κ2) is 5.83. The number of halogens is 2. The molecule has 0 aliphatic heterocycles. The van der Waals surface area contributed by atoms with Crippen molar-refractivity contribution >= 4 is 16.7 Å². The molecule has 3 aromatic rings. The number of pyridine rings is 2. The molecule has 5 heteroatoms. The lowest BCUT2D eigenvalue weighted by atomic mass is 10.1. The average Bonchev–Trinajstić information content (AvgIpc) is 2.50. The summed E-state index contributed by atoms with van der Waals surface area (Å²) in [6.07, 6.45) is 3.41. The molecule has 0 saturated heterocycles. The number of fused-ring (bicyclic) bond motifs is 1. The molecule has 0 spiro atoms. The van der Waals surface area contributed by atoms with Crippen LogP contribution in [0.25, 0.3) is 10.9 Å². The van der Waals surface area contributed by atoms with E-state index in [2.05, 4.69) is 15.3 Å². The van der Waals surface area contributed by atoms with Gasteiger partial charge in [0.15, 0.2) is 11.6 Å². The van der Waals surface area contributed by atoms with Gasteiger partial charge in [-0.05, 0) is 18.1 Å². The van der Waals surface area contributed by atoms with Crippen LogP contribution in [0.5, 0.6) is 0 Å². The van der Waals surface area contributed by atoms with Gasteiger partial charge in [0.1, 0.15) is 5.82 Å². The molecular formula is C16H13F2N3. The molecule has 0 amide bonds. The van der Waals surface area contributed by atoms with Gasteiger partial charge < -0.3 is 5.32 Å². The average molecular weight is 285 g/mol. The first-order valence-electron chi connectivity index (χ1n) is 6.61. The van der Waals surface area contributed by atoms with Gasteiger partial charge in [-0.3, -0.25) is 4.98 Å². The van der Waals surface area contributed by atoms with Crippen molar-refractivity contribution < 1.29 is 8.78 Å². The summed E-state index contributed by atoms with van der Waals surface area (Å²) in [4.78, 5) is 8.06. The van der Waals surface area contributed by atoms with Gasteiger partial charge in [0.25, 0.3) is 0 Å². The first-order valence-corrected chi connectivity index (χ1v) is 6.61. The van der Waals surface area contributed by atoms with E-state index in [1.54, 1.807) is 6.20 Å². The van der Waals surface area contributed by atoms with E-state index in [0.717, 1.165) is 28.7 Å². The second-order valence-electron chi connectivity index (χ2n) is 4.65. The largest absolute Gasteiger partial charge is 0.367 e. The highest BCUT2D eigenvalue weighted by Gasteiger charge is 2.06. The van der Waals surface area contributed by atoms with Crippen LogP contribution in [0.4, 0.5) is 14.6 Å². The number of hydrogen-bond acceptors (Lipinski definition) is 3. The number of benzene rings is 1. The summed E-state index contributed by atoms with van der Waals surface area (Å²) in [5.41, 5.74) is 2.01. The zero-order valence-electron chi connectivity index (χ0n) is 11.2. The predicted octanol–water partition coefficient (Wildman–Crippen LogP) is 3.56. The Morgan fingerprint density at radius 3 is 2.76 bits per heavy atom. The predicted molar refractivity (Wildman–Crippen MR) is 78.1 cm³/mol. The van der Waals surface area contributed by atoms with Crippen LogP contribution < -0.4 is 5.32 Å². The third-order valence-electron chi connectivity index (χ3n) is 3.21. The van der Waals surface area contributed by atoms with Crippen molar-refractivity contribution in [3.05, 3.63) is 66.0 Å². The summed E-state index contributed by atoms with van der Waals surface area (Å²) in [6, 6.07) is 10.7. The molecule has 3 rings (SSSR count). The molecule has 3 nitrogen and oxygen atoms in total. The number of rotatable bonds is 4. The molecule has 0 aliphatic rings. The maximum atomic E-state index is 13.5. The minimum atomic E-state index is -0.689. The molecule has 1 aromatic carbocycles. The van der Waals surface area contributed by atoms with Crippen LogP contribution in [0.15, 0.2) is 48.8 Å². The fourth-order valence-corrected chi connectivity index (χ4v) is 2.23. The van der Waals surface area contributed by atoms with Gasteiger partial charge in [0.2, 0.25) is 0 Å². The summed E-state index contributed by atoms with van der Waals surface area (Å²) in [5.74, 6) is -1.31. The SMILES string of the molecule is Fc1cnc(NCCc2cccc3cccnc23)c(F)c1. The maximum Gasteiger partial charge on any atom is 0.168 e. The standard InChI is InChI=1S/C16H13F2N3/c17-13-9-14(18)16(21-10-13)20-8-6-12-4-1-3-11-5-2-7-19-15(11)12/h1-5,7,9-10H,6,8H2,(H,20,21). The Morgan fingerprint density at radius 1 is 1.05 bits per heavy atom. The zero-order valence-corrected chi connectivity index (χ0v) is 11.2. The van der Waals surface area contributed by atoms with Gasteiger partial charge in [0, 0.05) is 24.2 Å². The fraction of sp³-hybridized carbons (Fsp3) is 0.125. The monoisotopic (exact) mass is 285 g/mol. The lowest BCUT2D eigenvalue weighted by molar-refractivity contribution is 0.575. The van der Waals surface area contributed by atoms with Crippen LogP contribution in [0.3, 0.4) is 0 Å². The Labute approximate surface area is 120 Å². The number of hydrogen-bond donors (Lipinski definition) is 1. The third-order valence-corrected chi connectivity index (χ3v) is 3.21. The highest BCUT2D eigenvalue weighted by molar-refractivity contribution is 5.81. The highest BCUT2D eigenvalue weighted by Crippen LogP contribution is 2.17. The van der Waals surface area contributed by atoms with Crippen molar-refractivity contribution in [2.24, 2.45) is 0 Å². The molecule has 106 valence electrons. The lowest BCUT2D eigenvalue weighted by Crippen LogP contribution is -2.08. The highest BCUT2D eigenvalue weighted by atomic mass is 19.1. The van der Waals surface area contributed by atoms with E-state index in [9.17, 15) is 8.78 Å². The molecule has 0 atom stereocenters. The van der Waals surface area contributed by atoms with E-state index >= 15 is 0 Å². The summed E-state index contributed by atoms with van der Waals surface area (Å²) in [7, 11) is 0. The number of aromatic nitrogens is 2. The molecule has 21 heavy (non-hydrogen) atoms. The molecule has 2 heterocycles. The Balaban J connectivity index is 1.72. The molecule has 0 unspecified atom stereocenters. The van der Waals surface area contributed by atoms with Gasteiger partial charge in [-0.25, -0.2) is 13.8 Å². The molecule has 0 bridgehead atoms. The van der Waals surface area contributed by atoms with Gasteiger partial charge in [-0.15, -0.1) is 0 Å². The molecule has 0 saturated carbocycles. The van der Waals surface area contributed by atoms with Crippen LogP contribution in [0.2, 0.25) is 0 Å². The molecular weight excluding hydrogens is 272 g/mol. The van der Waals surface area contributed by atoms with Gasteiger partial charge in [-0.2, -0.15) is 0 Å². The minimum Gasteiger partial charge on any atom is -0.367 e. The Bertz CT molecular complexity index is 769. The van der Waals surface area contributed by atoms with Crippen LogP contribution in [-0.4, -0.2) is 16.5 Å². The van der Waals surface area contributed by atoms with Crippen molar-refractivity contribution in [3.8, 4) is 0 Å². The summed E-state index contributed by atoms with van der Waals surface area (Å²) in [6.45, 7) is 0.491. The normalized spacial score (nSPS) is 10.8. The topological polar surface area (TPSA) is 37.8 Å². The van der Waals surface area contributed by atoms with Crippen molar-refractivity contribution in [2.75, 3.05) is 11.9 Å². The smallest absolute Gasteiger partial charge is 0.168 e. The van der Waals surface area contributed by atoms with E-state index in [0.29, 0.717) is 13.0 Å². The van der Waals surface area contributed by atoms with Crippen LogP contribution in [0.1, 0.15) is 5.56 Å². The lowest BCUT2D eigenvalue weighted by Gasteiger charge is -2.08. The maximum absolute atomic E-state index is 13.5. The minimum absolute atomic E-state index is 0.0598. The Hall–Kier alpha value is -2.56. The van der Waals surface area contributed by atoms with E-state index < -0.39 is 11.6 Å². The second-order valence-corrected chi connectivity index (χ2v) is 4.65. The van der Waals surface area contributed by atoms with Gasteiger partial charge >= 0.3 is 0 Å². The molecule has 1 N–H and O–H groups in total. The van der Waals surface area contributed by atoms with Crippen LogP contribution >= 0.6 is 0 Å². The van der Waals surface area contributed by atoms with Gasteiger partial charge in [-0.1, -0.05) is 24.3 Å². The molecule has 2 aromatic heterocycles. The van der Waals surface area contributed by atoms with Crippen molar-refractivity contribution in [1.29, 1.82) is 0 Å². The first-order chi connectivity index (χ1) is 10.2. The van der Waals surface area contributed by atoms with Gasteiger partial charge in [0.05, 0.1) is 11.7 Å². The van der Waals surface area contributed by atoms with E-state index in [4.69, 9.17) is 0 Å². The van der Waals surface area contributed by atoms with E-state index in [1.807, 2.05) is 30.3 Å². The number of para-hydroxylation sites is 1. The Kier molecular flexibility index (Phi) is 3.73. The van der Waals surface area contributed by atoms with Crippen LogP contribution in [-0.2, 0) is 6.42 Å². The van der Waals surface area contributed by atoms with Crippen molar-refractivity contribution in [2.45, 2.75) is 6.42 Å². The molecule has 0 radical (unpaired) electrons. The summed E-state index contributed by atoms with van der Waals surface area (Å²) < 4.78 is 26.2. The van der Waals surface area contributed by atoms with Crippen LogP contribution in [0, 0.1) is 11.6 Å². The van der Waals surface area contributed by atoms with Crippen molar-refractivity contribution in [3.63, 3.8) is 0 Å². The Morgan fingerprint density at radius 2 is 1.90 bits per heavy atom. The number of nitrogens with zero attached hydrogens (tertiary/aromatic N) is 2. The molecule has 0 aliphatic carbocycles.